The maximum atomic E-state index is 12.8. The highest BCUT2D eigenvalue weighted by molar-refractivity contribution is 6.05. The van der Waals surface area contributed by atoms with Crippen molar-refractivity contribution in [1.29, 1.82) is 0 Å². The van der Waals surface area contributed by atoms with E-state index in [1.165, 1.54) is 18.3 Å². The number of fused-ring (bicyclic) bond motifs is 1. The summed E-state index contributed by atoms with van der Waals surface area (Å²) in [7, 11) is 0. The molecule has 0 saturated carbocycles. The van der Waals surface area contributed by atoms with Gasteiger partial charge in [-0.15, -0.1) is 0 Å². The average Bonchev–Trinajstić information content (AvgIpc) is 2.90. The fraction of sp³-hybridized carbons (Fsp3) is 0. The summed E-state index contributed by atoms with van der Waals surface area (Å²) in [6.07, 6.45) is 1.26. The number of carboxylic acids is 1. The number of hydrogen-bond acceptors (Lipinski definition) is 7. The minimum atomic E-state index is -1.15. The van der Waals surface area contributed by atoms with Crippen molar-refractivity contribution in [3.8, 4) is 17.4 Å². The lowest BCUT2D eigenvalue weighted by molar-refractivity contribution is 0.0690. The molecule has 3 aromatic carbocycles. The maximum Gasteiger partial charge on any atom is 0.354 e. The van der Waals surface area contributed by atoms with Crippen LogP contribution in [0.4, 0.5) is 5.69 Å². The van der Waals surface area contributed by atoms with Gasteiger partial charge in [0.2, 0.25) is 0 Å². The standard InChI is InChI=1S/C21H14N4O4.C6H6O/c26-19(23-13-10-11-17(21(27)28)22-12-13)18-20(29-14-6-2-1-3-7-14)25-16-9-5-4-8-15(16)24-18;7-6-4-2-1-3-5-6/h1-12H,(H,23,26)(H,27,28);1-5,7H. The Morgan fingerprint density at radius 1 is 0.750 bits per heavy atom. The van der Waals surface area contributed by atoms with E-state index in [0.29, 0.717) is 28.2 Å². The first kappa shape index (κ1) is 23.8. The van der Waals surface area contributed by atoms with Crippen LogP contribution in [-0.2, 0) is 0 Å². The van der Waals surface area contributed by atoms with Gasteiger partial charge in [-0.05, 0) is 48.5 Å². The number of phenolic OH excluding ortho intramolecular Hbond substituents is 1. The van der Waals surface area contributed by atoms with Crippen LogP contribution in [0, 0.1) is 0 Å². The number of rotatable bonds is 5. The fourth-order valence-electron chi connectivity index (χ4n) is 3.02. The Hall–Kier alpha value is -5.31. The molecule has 0 radical (unpaired) electrons. The molecule has 0 atom stereocenters. The number of pyridine rings is 1. The molecule has 178 valence electrons. The number of carbonyl (C=O) groups excluding carboxylic acids is 1. The van der Waals surface area contributed by atoms with Crippen LogP contribution in [-0.4, -0.2) is 37.0 Å². The summed E-state index contributed by atoms with van der Waals surface area (Å²) >= 11 is 0. The Bertz CT molecular complexity index is 1480. The van der Waals surface area contributed by atoms with E-state index in [4.69, 9.17) is 14.9 Å². The van der Waals surface area contributed by atoms with Gasteiger partial charge in [0.05, 0.1) is 22.9 Å². The Kier molecular flexibility index (Phi) is 7.42. The topological polar surface area (TPSA) is 135 Å². The number of nitrogens with one attached hydrogen (secondary N) is 1. The van der Waals surface area contributed by atoms with Crippen molar-refractivity contribution < 1.29 is 24.5 Å². The normalized spacial score (nSPS) is 10.1. The number of benzene rings is 3. The Balaban J connectivity index is 0.000000375. The monoisotopic (exact) mass is 480 g/mol. The molecule has 9 nitrogen and oxygen atoms in total. The van der Waals surface area contributed by atoms with E-state index in [2.05, 4.69) is 20.3 Å². The van der Waals surface area contributed by atoms with Gasteiger partial charge in [0.1, 0.15) is 17.2 Å². The zero-order valence-corrected chi connectivity index (χ0v) is 18.8. The molecule has 5 aromatic rings. The zero-order valence-electron chi connectivity index (χ0n) is 18.8. The highest BCUT2D eigenvalue weighted by Gasteiger charge is 2.19. The van der Waals surface area contributed by atoms with E-state index in [0.717, 1.165) is 0 Å². The van der Waals surface area contributed by atoms with Crippen LogP contribution in [0.15, 0.2) is 103 Å². The van der Waals surface area contributed by atoms with Gasteiger partial charge < -0.3 is 20.3 Å². The van der Waals surface area contributed by atoms with Crippen molar-refractivity contribution >= 4 is 28.6 Å². The van der Waals surface area contributed by atoms with Gasteiger partial charge in [0, 0.05) is 0 Å². The number of aromatic hydroxyl groups is 1. The minimum absolute atomic E-state index is 0.00476. The van der Waals surface area contributed by atoms with Crippen molar-refractivity contribution in [2.45, 2.75) is 0 Å². The number of nitrogens with zero attached hydrogens (tertiary/aromatic N) is 3. The van der Waals surface area contributed by atoms with Gasteiger partial charge in [-0.3, -0.25) is 4.79 Å². The fourth-order valence-corrected chi connectivity index (χ4v) is 3.02. The quantitative estimate of drug-likeness (QED) is 0.314. The van der Waals surface area contributed by atoms with Gasteiger partial charge in [-0.1, -0.05) is 48.5 Å². The lowest BCUT2D eigenvalue weighted by Gasteiger charge is -2.11. The molecule has 0 unspecified atom stereocenters. The van der Waals surface area contributed by atoms with Crippen LogP contribution < -0.4 is 10.1 Å². The molecule has 0 aliphatic heterocycles. The maximum absolute atomic E-state index is 12.8. The third kappa shape index (κ3) is 6.17. The summed E-state index contributed by atoms with van der Waals surface area (Å²) in [4.78, 5) is 36.4. The molecule has 2 heterocycles. The molecule has 2 aromatic heterocycles. The number of carbonyl (C=O) groups is 2. The second kappa shape index (κ2) is 11.2. The molecule has 1 amide bonds. The molecular weight excluding hydrogens is 460 g/mol. The van der Waals surface area contributed by atoms with Crippen molar-refractivity contribution in [3.63, 3.8) is 0 Å². The van der Waals surface area contributed by atoms with E-state index in [1.807, 2.05) is 18.2 Å². The van der Waals surface area contributed by atoms with Crippen LogP contribution in [0.2, 0.25) is 0 Å². The SMILES string of the molecule is O=C(O)c1ccc(NC(=O)c2nc3ccccc3nc2Oc2ccccc2)cn1.Oc1ccccc1. The first-order valence-electron chi connectivity index (χ1n) is 10.7. The summed E-state index contributed by atoms with van der Waals surface area (Å²) in [5.74, 6) is -0.815. The molecule has 36 heavy (non-hydrogen) atoms. The van der Waals surface area contributed by atoms with Crippen LogP contribution in [0.1, 0.15) is 21.0 Å². The number of carboxylic acid groups (broad SMARTS) is 1. The van der Waals surface area contributed by atoms with Gasteiger partial charge in [0.25, 0.3) is 11.8 Å². The van der Waals surface area contributed by atoms with Crippen LogP contribution in [0.25, 0.3) is 11.0 Å². The van der Waals surface area contributed by atoms with Gasteiger partial charge in [-0.2, -0.15) is 0 Å². The molecule has 0 aliphatic rings. The van der Waals surface area contributed by atoms with Crippen molar-refractivity contribution in [3.05, 3.63) is 115 Å². The van der Waals surface area contributed by atoms with Gasteiger partial charge >= 0.3 is 5.97 Å². The number of aromatic nitrogens is 3. The van der Waals surface area contributed by atoms with E-state index in [-0.39, 0.29) is 17.3 Å². The Morgan fingerprint density at radius 2 is 1.36 bits per heavy atom. The molecule has 9 heteroatoms. The third-order valence-corrected chi connectivity index (χ3v) is 4.71. The Labute approximate surface area is 205 Å². The van der Waals surface area contributed by atoms with Crippen molar-refractivity contribution in [1.82, 2.24) is 15.0 Å². The number of para-hydroxylation sites is 4. The molecule has 0 saturated heterocycles. The summed E-state index contributed by atoms with van der Waals surface area (Å²) in [5, 5.41) is 20.2. The number of anilines is 1. The Morgan fingerprint density at radius 3 is 1.92 bits per heavy atom. The number of phenols is 1. The lowest BCUT2D eigenvalue weighted by Crippen LogP contribution is -2.16. The molecule has 0 aliphatic carbocycles. The summed E-state index contributed by atoms with van der Waals surface area (Å²) < 4.78 is 5.80. The van der Waals surface area contributed by atoms with E-state index >= 15 is 0 Å². The average molecular weight is 480 g/mol. The van der Waals surface area contributed by atoms with E-state index < -0.39 is 11.9 Å². The summed E-state index contributed by atoms with van der Waals surface area (Å²) in [5.41, 5.74) is 1.32. The molecular formula is C27H20N4O5. The highest BCUT2D eigenvalue weighted by atomic mass is 16.5. The first-order valence-corrected chi connectivity index (χ1v) is 10.7. The molecule has 0 spiro atoms. The second-order valence-electron chi connectivity index (χ2n) is 7.31. The zero-order chi connectivity index (χ0) is 25.3. The first-order chi connectivity index (χ1) is 17.5. The number of hydrogen-bond donors (Lipinski definition) is 3. The molecule has 0 fully saturated rings. The van der Waals surface area contributed by atoms with Crippen LogP contribution in [0.3, 0.4) is 0 Å². The van der Waals surface area contributed by atoms with Crippen molar-refractivity contribution in [2.75, 3.05) is 5.32 Å². The third-order valence-electron chi connectivity index (χ3n) is 4.71. The lowest BCUT2D eigenvalue weighted by atomic mass is 10.2. The smallest absolute Gasteiger partial charge is 0.354 e. The summed E-state index contributed by atoms with van der Waals surface area (Å²) in [6.45, 7) is 0. The van der Waals surface area contributed by atoms with Crippen molar-refractivity contribution in [2.24, 2.45) is 0 Å². The molecule has 0 bridgehead atoms. The van der Waals surface area contributed by atoms with E-state index in [9.17, 15) is 9.59 Å². The predicted octanol–water partition coefficient (Wildman–Crippen LogP) is 5.16. The van der Waals surface area contributed by atoms with Gasteiger partial charge in [-0.25, -0.2) is 19.7 Å². The minimum Gasteiger partial charge on any atom is -0.508 e. The largest absolute Gasteiger partial charge is 0.508 e. The van der Waals surface area contributed by atoms with E-state index in [1.54, 1.807) is 66.7 Å². The summed E-state index contributed by atoms with van der Waals surface area (Å²) in [6, 6.07) is 27.5. The van der Waals surface area contributed by atoms with Gasteiger partial charge in [0.15, 0.2) is 5.69 Å². The second-order valence-corrected chi connectivity index (χ2v) is 7.31. The number of amides is 1. The predicted molar refractivity (Wildman–Crippen MR) is 133 cm³/mol. The van der Waals surface area contributed by atoms with Crippen LogP contribution in [0.5, 0.6) is 17.4 Å². The highest BCUT2D eigenvalue weighted by Crippen LogP contribution is 2.25. The van der Waals surface area contributed by atoms with Crippen LogP contribution >= 0.6 is 0 Å². The molecule has 3 N–H and O–H groups in total. The number of aromatic carboxylic acids is 1. The molecule has 5 rings (SSSR count). The number of ether oxygens (including phenoxy) is 1.